The number of hydrogen-bond donors (Lipinski definition) is 11. The molecule has 22 nitrogen and oxygen atoms in total. The number of aliphatic hydroxyl groups is 11. The van der Waals surface area contributed by atoms with Gasteiger partial charge in [-0.15, -0.1) is 0 Å². The molecule has 4 aliphatic carbocycles. The minimum Gasteiger partial charge on any atom is -0.459 e. The van der Waals surface area contributed by atoms with Crippen molar-refractivity contribution in [2.24, 2.45) is 45.3 Å². The normalized spacial score (nSPS) is 53.1. The van der Waals surface area contributed by atoms with Crippen molar-refractivity contribution in [3.05, 3.63) is 11.6 Å². The van der Waals surface area contributed by atoms with Crippen molar-refractivity contribution in [1.82, 2.24) is 0 Å². The van der Waals surface area contributed by atoms with E-state index in [1.807, 2.05) is 6.08 Å². The molecule has 436 valence electrons. The van der Waals surface area contributed by atoms with Gasteiger partial charge in [0.05, 0.1) is 38.1 Å². The lowest BCUT2D eigenvalue weighted by molar-refractivity contribution is -0.394. The molecule has 1 spiro atoms. The van der Waals surface area contributed by atoms with Crippen molar-refractivity contribution < 1.29 is 108 Å². The first kappa shape index (κ1) is 59.0. The van der Waals surface area contributed by atoms with Crippen LogP contribution in [0.3, 0.4) is 0 Å². The number of esters is 1. The number of hydrogen-bond acceptors (Lipinski definition) is 22. The van der Waals surface area contributed by atoms with Gasteiger partial charge in [0.25, 0.3) is 0 Å². The molecule has 0 aromatic carbocycles. The summed E-state index contributed by atoms with van der Waals surface area (Å²) in [6.45, 7) is 14.8. The Morgan fingerprint density at radius 1 is 0.658 bits per heavy atom. The maximum atomic E-state index is 14.4. The van der Waals surface area contributed by atoms with E-state index in [1.165, 1.54) is 19.6 Å². The number of rotatable bonds is 15. The highest BCUT2D eigenvalue weighted by atomic mass is 16.8. The van der Waals surface area contributed by atoms with Crippen LogP contribution in [-0.2, 0) is 52.2 Å². The van der Waals surface area contributed by atoms with Crippen molar-refractivity contribution in [3.8, 4) is 0 Å². The molecule has 5 heterocycles. The third-order valence-corrected chi connectivity index (χ3v) is 20.4. The second-order valence-electron chi connectivity index (χ2n) is 25.4. The van der Waals surface area contributed by atoms with E-state index in [-0.39, 0.29) is 35.7 Å². The zero-order chi connectivity index (χ0) is 55.4. The fourth-order valence-corrected chi connectivity index (χ4v) is 16.1. The smallest absolute Gasteiger partial charge is 0.316 e. The summed E-state index contributed by atoms with van der Waals surface area (Å²) < 4.78 is 60.1. The molecule has 22 heteroatoms. The molecule has 0 amide bonds. The van der Waals surface area contributed by atoms with Crippen LogP contribution >= 0.6 is 0 Å². The van der Waals surface area contributed by atoms with Gasteiger partial charge in [-0.1, -0.05) is 59.6 Å². The van der Waals surface area contributed by atoms with Gasteiger partial charge in [0.1, 0.15) is 96.5 Å². The highest BCUT2D eigenvalue weighted by Crippen LogP contribution is 2.76. The average molecular weight is 1090 g/mol. The number of methoxy groups -OCH3 is 1. The van der Waals surface area contributed by atoms with Gasteiger partial charge in [-0.05, 0) is 99.2 Å². The Labute approximate surface area is 444 Å². The van der Waals surface area contributed by atoms with Gasteiger partial charge in [0.2, 0.25) is 0 Å². The van der Waals surface area contributed by atoms with Crippen LogP contribution < -0.4 is 0 Å². The predicted molar refractivity (Wildman–Crippen MR) is 262 cm³/mol. The fourth-order valence-electron chi connectivity index (χ4n) is 16.1. The zero-order valence-corrected chi connectivity index (χ0v) is 45.4. The van der Waals surface area contributed by atoms with Crippen LogP contribution in [0.4, 0.5) is 0 Å². The maximum absolute atomic E-state index is 14.4. The number of carbonyl (C=O) groups excluding carboxylic acids is 1. The Morgan fingerprint density at radius 3 is 1.95 bits per heavy atom. The lowest BCUT2D eigenvalue weighted by atomic mass is 9.40. The molecule has 5 aliphatic heterocycles. The third kappa shape index (κ3) is 9.47. The molecular formula is C54H88O22. The van der Waals surface area contributed by atoms with Gasteiger partial charge in [-0.2, -0.15) is 0 Å². The molecule has 0 unspecified atom stereocenters. The molecular weight excluding hydrogens is 1000 g/mol. The Hall–Kier alpha value is -1.59. The lowest BCUT2D eigenvalue weighted by Crippen LogP contribution is -2.67. The fraction of sp³-hybridized carbons (Fsp3) is 0.944. The van der Waals surface area contributed by atoms with Crippen LogP contribution in [0.1, 0.15) is 113 Å². The first-order valence-corrected chi connectivity index (χ1v) is 27.8. The summed E-state index contributed by atoms with van der Waals surface area (Å²) >= 11 is 0. The van der Waals surface area contributed by atoms with Gasteiger partial charge < -0.3 is 104 Å². The zero-order valence-electron chi connectivity index (χ0n) is 45.4. The summed E-state index contributed by atoms with van der Waals surface area (Å²) in [4.78, 5) is 14.4. The highest BCUT2D eigenvalue weighted by Gasteiger charge is 2.79. The molecule has 9 rings (SSSR count). The SMILES string of the molecule is CO[C@@H]1[C@H](O)[C@@H](CO)O[C@@H](O[C@@H]2[C@@H](O)[C@H](O[C@H]3CO[C@@H](O[C@@H]4CC[C@@]5(C)C6=C[C@@H](O)[C@@]78C(=O)O[C@](C)(CCCC(C)C)[C@@H]7CC[C@]8(C)[C@H]6CC[C@H]5C4(C)C)[C@H](O)[C@H]3O)O[C@@H](CO)[C@H]2O)[C@H]1O[C@@H]1O[C@@H](C)[C@H](O)[C@H](O)[C@@H]1O. The molecule has 0 aromatic heterocycles. The van der Waals surface area contributed by atoms with Crippen LogP contribution in [-0.4, -0.2) is 224 Å². The summed E-state index contributed by atoms with van der Waals surface area (Å²) in [6, 6.07) is 0. The first-order valence-electron chi connectivity index (χ1n) is 27.8. The van der Waals surface area contributed by atoms with E-state index in [2.05, 4.69) is 48.5 Å². The number of ether oxygens (including phenoxy) is 10. The average Bonchev–Trinajstić information content (AvgIpc) is 3.97. The quantitative estimate of drug-likeness (QED) is 0.0568. The molecule has 5 saturated heterocycles. The van der Waals surface area contributed by atoms with Crippen molar-refractivity contribution in [2.45, 2.75) is 248 Å². The van der Waals surface area contributed by atoms with Crippen molar-refractivity contribution in [1.29, 1.82) is 0 Å². The van der Waals surface area contributed by atoms with Crippen LogP contribution in [0.2, 0.25) is 0 Å². The summed E-state index contributed by atoms with van der Waals surface area (Å²) in [7, 11) is 1.21. The summed E-state index contributed by atoms with van der Waals surface area (Å²) in [5.41, 5.74) is -1.76. The minimum atomic E-state index is -1.92. The van der Waals surface area contributed by atoms with Gasteiger partial charge in [0, 0.05) is 13.0 Å². The van der Waals surface area contributed by atoms with E-state index in [4.69, 9.17) is 47.4 Å². The van der Waals surface area contributed by atoms with Gasteiger partial charge >= 0.3 is 5.97 Å². The van der Waals surface area contributed by atoms with Crippen molar-refractivity contribution in [2.75, 3.05) is 26.9 Å². The van der Waals surface area contributed by atoms with Crippen LogP contribution in [0.5, 0.6) is 0 Å². The monoisotopic (exact) mass is 1090 g/mol. The Kier molecular flexibility index (Phi) is 17.1. The second-order valence-corrected chi connectivity index (χ2v) is 25.4. The Morgan fingerprint density at radius 2 is 1.29 bits per heavy atom. The number of cyclic esters (lactones) is 1. The molecule has 0 radical (unpaired) electrons. The number of aliphatic hydroxyl groups excluding tert-OH is 11. The Balaban J connectivity index is 0.863. The topological polar surface area (TPSA) is 332 Å². The molecule has 11 N–H and O–H groups in total. The summed E-state index contributed by atoms with van der Waals surface area (Å²) in [5.74, 6) is 0.358. The molecule has 76 heavy (non-hydrogen) atoms. The van der Waals surface area contributed by atoms with E-state index in [0.717, 1.165) is 44.9 Å². The summed E-state index contributed by atoms with van der Waals surface area (Å²) in [5, 5.41) is 122. The van der Waals surface area contributed by atoms with Gasteiger partial charge in [-0.25, -0.2) is 0 Å². The lowest BCUT2D eigenvalue weighted by Gasteiger charge is -2.64. The molecule has 8 fully saturated rings. The van der Waals surface area contributed by atoms with E-state index in [9.17, 15) is 61.0 Å². The second kappa shape index (κ2) is 22.0. The van der Waals surface area contributed by atoms with Crippen molar-refractivity contribution >= 4 is 5.97 Å². The van der Waals surface area contributed by atoms with Crippen LogP contribution in [0.15, 0.2) is 11.6 Å². The molecule has 3 saturated carbocycles. The first-order chi connectivity index (χ1) is 35.7. The number of carbonyl (C=O) groups is 1. The molecule has 0 bridgehead atoms. The third-order valence-electron chi connectivity index (χ3n) is 20.4. The predicted octanol–water partition coefficient (Wildman–Crippen LogP) is -0.337. The number of allylic oxidation sites excluding steroid dienone is 1. The van der Waals surface area contributed by atoms with Gasteiger partial charge in [0.15, 0.2) is 25.2 Å². The van der Waals surface area contributed by atoms with E-state index in [1.54, 1.807) is 0 Å². The van der Waals surface area contributed by atoms with Crippen LogP contribution in [0, 0.1) is 45.3 Å². The molecule has 28 atom stereocenters. The standard InChI is InChI=1S/C54H88O22/c1-23(2)11-10-16-53(8)31-14-18-52(7)25-12-13-30-50(4,5)33(15-17-51(30,6)26(25)19-32(57)54(31,52)49(66)76-53)73-45-39(63)35(59)29(22-68-45)72-47-41(65)42(36(60)27(20-55)70-47)74-48-44(43(67-9)37(61)28(21-56)71-48)75-46-40(64)38(62)34(58)24(3)69-46/h19,23-25,27-48,55-65H,10-18,20-22H2,1-9H3/t24-,25-,27-,28+,29-,30-,31-,32+,33+,34-,35-,36+,37+,38-,39+,40-,41+,42-,43+,44-,45-,46-,47-,48-,51-,52+,53+,54+/m0/s1. The van der Waals surface area contributed by atoms with E-state index in [0.29, 0.717) is 18.8 Å². The Bertz CT molecular complexity index is 2060. The molecule has 0 aromatic rings. The van der Waals surface area contributed by atoms with E-state index < -0.39 is 164 Å². The van der Waals surface area contributed by atoms with Crippen LogP contribution in [0.25, 0.3) is 0 Å². The van der Waals surface area contributed by atoms with Crippen molar-refractivity contribution in [3.63, 3.8) is 0 Å². The van der Waals surface area contributed by atoms with Gasteiger partial charge in [-0.3, -0.25) is 4.79 Å². The highest BCUT2D eigenvalue weighted by molar-refractivity contribution is 5.84. The van der Waals surface area contributed by atoms with E-state index >= 15 is 0 Å². The summed E-state index contributed by atoms with van der Waals surface area (Å²) in [6.07, 6.45) is -22.0. The largest absolute Gasteiger partial charge is 0.459 e. The maximum Gasteiger partial charge on any atom is 0.316 e. The molecule has 9 aliphatic rings. The minimum absolute atomic E-state index is 0.0791. The number of fused-ring (bicyclic) bond motifs is 4.